The largest absolute Gasteiger partial charge is 0.428 e. The monoisotopic (exact) mass is 202 g/mol. The van der Waals surface area contributed by atoms with E-state index in [9.17, 15) is 4.79 Å². The minimum absolute atomic E-state index is 0.267. The summed E-state index contributed by atoms with van der Waals surface area (Å²) in [6, 6.07) is 0. The number of nitrogens with zero attached hydrogens (tertiary/aromatic N) is 2. The Morgan fingerprint density at radius 1 is 1.36 bits per heavy atom. The van der Waals surface area contributed by atoms with Gasteiger partial charge in [0.25, 0.3) is 0 Å². The van der Waals surface area contributed by atoms with Gasteiger partial charge in [0.2, 0.25) is 0 Å². The van der Waals surface area contributed by atoms with E-state index in [2.05, 4.69) is 0 Å². The van der Waals surface area contributed by atoms with Crippen LogP contribution in [0.3, 0.4) is 0 Å². The molecule has 0 aliphatic carbocycles. The Hall–Kier alpha value is -0.810. The van der Waals surface area contributed by atoms with Crippen LogP contribution in [0.4, 0.5) is 4.79 Å². The molecule has 1 aliphatic heterocycles. The Morgan fingerprint density at radius 2 is 1.93 bits per heavy atom. The molecule has 0 aromatic carbocycles. The Balaban J connectivity index is 2.30. The highest BCUT2D eigenvalue weighted by molar-refractivity contribution is 5.67. The van der Waals surface area contributed by atoms with Crippen LogP contribution in [0.25, 0.3) is 0 Å². The third-order valence-corrected chi connectivity index (χ3v) is 2.20. The molecule has 1 aliphatic rings. The van der Waals surface area contributed by atoms with E-state index in [-0.39, 0.29) is 6.09 Å². The molecule has 0 spiro atoms. The van der Waals surface area contributed by atoms with Crippen molar-refractivity contribution in [2.24, 2.45) is 0 Å². The summed E-state index contributed by atoms with van der Waals surface area (Å²) in [5, 5.41) is 1.66. The van der Waals surface area contributed by atoms with Gasteiger partial charge in [-0.15, -0.1) is 5.06 Å². The van der Waals surface area contributed by atoms with Gasteiger partial charge in [-0.25, -0.2) is 4.79 Å². The van der Waals surface area contributed by atoms with Crippen molar-refractivity contribution in [2.45, 2.75) is 13.8 Å². The molecule has 1 fully saturated rings. The molecule has 1 saturated heterocycles. The van der Waals surface area contributed by atoms with Crippen LogP contribution in [0.1, 0.15) is 13.8 Å². The van der Waals surface area contributed by atoms with Gasteiger partial charge in [0.1, 0.15) is 0 Å². The lowest BCUT2D eigenvalue weighted by molar-refractivity contribution is -0.153. The van der Waals surface area contributed by atoms with Crippen molar-refractivity contribution < 1.29 is 14.4 Å². The molecule has 0 aromatic heterocycles. The number of carbonyl (C=O) groups excluding carboxylic acids is 1. The summed E-state index contributed by atoms with van der Waals surface area (Å²) < 4.78 is 5.15. The smallest absolute Gasteiger partial charge is 0.379 e. The molecule has 1 amide bonds. The highest BCUT2D eigenvalue weighted by atomic mass is 16.7. The zero-order valence-corrected chi connectivity index (χ0v) is 8.86. The number of ether oxygens (including phenoxy) is 1. The molecule has 82 valence electrons. The molecule has 5 heteroatoms. The number of hydroxylamine groups is 2. The summed E-state index contributed by atoms with van der Waals surface area (Å²) in [5.41, 5.74) is 0. The molecule has 0 N–H and O–H groups in total. The van der Waals surface area contributed by atoms with Crippen LogP contribution in [0.5, 0.6) is 0 Å². The Kier molecular flexibility index (Phi) is 4.69. The average molecular weight is 202 g/mol. The maximum absolute atomic E-state index is 11.5. The lowest BCUT2D eigenvalue weighted by Gasteiger charge is -2.27. The summed E-state index contributed by atoms with van der Waals surface area (Å²) in [7, 11) is 0. The Labute approximate surface area is 84.5 Å². The first kappa shape index (κ1) is 11.3. The van der Waals surface area contributed by atoms with Gasteiger partial charge in [0.15, 0.2) is 0 Å². The zero-order valence-electron chi connectivity index (χ0n) is 8.86. The number of hydrogen-bond acceptors (Lipinski definition) is 4. The maximum Gasteiger partial charge on any atom is 0.428 e. The summed E-state index contributed by atoms with van der Waals surface area (Å²) in [4.78, 5) is 18.3. The minimum atomic E-state index is -0.267. The van der Waals surface area contributed by atoms with Crippen LogP contribution in [0, 0.1) is 0 Å². The minimum Gasteiger partial charge on any atom is -0.379 e. The van der Waals surface area contributed by atoms with Crippen LogP contribution < -0.4 is 0 Å². The van der Waals surface area contributed by atoms with E-state index in [4.69, 9.17) is 9.57 Å². The fourth-order valence-corrected chi connectivity index (χ4v) is 1.29. The summed E-state index contributed by atoms with van der Waals surface area (Å²) in [6.07, 6.45) is -0.267. The summed E-state index contributed by atoms with van der Waals surface area (Å²) in [6.45, 7) is 7.81. The first-order valence-corrected chi connectivity index (χ1v) is 5.07. The Bertz CT molecular complexity index is 177. The molecule has 1 rings (SSSR count). The molecule has 1 heterocycles. The number of carbonyl (C=O) groups is 1. The average Bonchev–Trinajstić information content (AvgIpc) is 2.21. The van der Waals surface area contributed by atoms with E-state index in [0.717, 1.165) is 0 Å². The molecule has 0 saturated carbocycles. The van der Waals surface area contributed by atoms with Crippen molar-refractivity contribution in [1.82, 2.24) is 9.96 Å². The molecular weight excluding hydrogens is 184 g/mol. The second kappa shape index (κ2) is 5.82. The van der Waals surface area contributed by atoms with Crippen LogP contribution in [-0.4, -0.2) is 55.4 Å². The van der Waals surface area contributed by atoms with E-state index >= 15 is 0 Å². The maximum atomic E-state index is 11.5. The highest BCUT2D eigenvalue weighted by Crippen LogP contribution is 2.01. The molecule has 0 bridgehead atoms. The van der Waals surface area contributed by atoms with Crippen LogP contribution >= 0.6 is 0 Å². The second-order valence-corrected chi connectivity index (χ2v) is 3.07. The normalized spacial score (nSPS) is 17.9. The van der Waals surface area contributed by atoms with Gasteiger partial charge < -0.3 is 14.5 Å². The first-order valence-electron chi connectivity index (χ1n) is 5.07. The standard InChI is InChI=1S/C9H18N2O3/c1-3-10(4-2)9(12)14-11-5-7-13-8-6-11/h3-8H2,1-2H3. The van der Waals surface area contributed by atoms with E-state index in [1.54, 1.807) is 9.96 Å². The zero-order chi connectivity index (χ0) is 10.4. The van der Waals surface area contributed by atoms with Crippen molar-refractivity contribution in [2.75, 3.05) is 39.4 Å². The van der Waals surface area contributed by atoms with Gasteiger partial charge in [-0.3, -0.25) is 0 Å². The lowest BCUT2D eigenvalue weighted by Crippen LogP contribution is -2.42. The topological polar surface area (TPSA) is 42.0 Å². The predicted octanol–water partition coefficient (Wildman–Crippen LogP) is 0.712. The van der Waals surface area contributed by atoms with Crippen molar-refractivity contribution >= 4 is 6.09 Å². The van der Waals surface area contributed by atoms with Gasteiger partial charge in [0, 0.05) is 13.1 Å². The lowest BCUT2D eigenvalue weighted by atomic mass is 10.5. The predicted molar refractivity (Wildman–Crippen MR) is 51.8 cm³/mol. The quantitative estimate of drug-likeness (QED) is 0.676. The van der Waals surface area contributed by atoms with Crippen LogP contribution in [0.15, 0.2) is 0 Å². The van der Waals surface area contributed by atoms with Gasteiger partial charge in [0.05, 0.1) is 26.3 Å². The van der Waals surface area contributed by atoms with E-state index in [0.29, 0.717) is 39.4 Å². The number of hydrogen-bond donors (Lipinski definition) is 0. The van der Waals surface area contributed by atoms with Crippen LogP contribution in [-0.2, 0) is 9.57 Å². The molecular formula is C9H18N2O3. The van der Waals surface area contributed by atoms with E-state index in [1.165, 1.54) is 0 Å². The van der Waals surface area contributed by atoms with E-state index in [1.807, 2.05) is 13.8 Å². The third-order valence-electron chi connectivity index (χ3n) is 2.20. The fourth-order valence-electron chi connectivity index (χ4n) is 1.29. The van der Waals surface area contributed by atoms with Crippen molar-refractivity contribution in [3.8, 4) is 0 Å². The molecule has 14 heavy (non-hydrogen) atoms. The highest BCUT2D eigenvalue weighted by Gasteiger charge is 2.18. The number of amides is 1. The molecule has 0 atom stereocenters. The summed E-state index contributed by atoms with van der Waals surface area (Å²) >= 11 is 0. The van der Waals surface area contributed by atoms with Gasteiger partial charge in [-0.2, -0.15) is 0 Å². The van der Waals surface area contributed by atoms with Gasteiger partial charge in [-0.1, -0.05) is 0 Å². The first-order chi connectivity index (χ1) is 6.77. The number of rotatable bonds is 3. The van der Waals surface area contributed by atoms with Crippen molar-refractivity contribution in [3.63, 3.8) is 0 Å². The third kappa shape index (κ3) is 3.16. The molecule has 0 unspecified atom stereocenters. The molecule has 0 aromatic rings. The summed E-state index contributed by atoms with van der Waals surface area (Å²) in [5.74, 6) is 0. The molecule has 5 nitrogen and oxygen atoms in total. The van der Waals surface area contributed by atoms with Crippen molar-refractivity contribution in [3.05, 3.63) is 0 Å². The van der Waals surface area contributed by atoms with Gasteiger partial charge in [-0.05, 0) is 13.8 Å². The Morgan fingerprint density at radius 3 is 2.43 bits per heavy atom. The van der Waals surface area contributed by atoms with Gasteiger partial charge >= 0.3 is 6.09 Å². The SMILES string of the molecule is CCN(CC)C(=O)ON1CCOCC1. The van der Waals surface area contributed by atoms with Crippen LogP contribution in [0.2, 0.25) is 0 Å². The van der Waals surface area contributed by atoms with E-state index < -0.39 is 0 Å². The number of morpholine rings is 1. The second-order valence-electron chi connectivity index (χ2n) is 3.07. The fraction of sp³-hybridized carbons (Fsp3) is 0.889. The molecule has 0 radical (unpaired) electrons. The van der Waals surface area contributed by atoms with Crippen molar-refractivity contribution in [1.29, 1.82) is 0 Å².